The summed E-state index contributed by atoms with van der Waals surface area (Å²) in [6.07, 6.45) is 8.29. The fraction of sp³-hybridized carbons (Fsp3) is 0.435. The molecule has 5 rings (SSSR count). The average molecular weight is 454 g/mol. The summed E-state index contributed by atoms with van der Waals surface area (Å²) < 4.78 is 0. The third-order valence-electron chi connectivity index (χ3n) is 6.12. The van der Waals surface area contributed by atoms with Gasteiger partial charge in [-0.2, -0.15) is 11.8 Å². The molecule has 2 aliphatic rings. The number of hydrogen-bond acceptors (Lipinski definition) is 6. The number of carbonyl (C=O) groups is 1. The average Bonchev–Trinajstić information content (AvgIpc) is 3.40. The molecule has 6 nitrogen and oxygen atoms in total. The van der Waals surface area contributed by atoms with Crippen molar-refractivity contribution in [1.29, 1.82) is 0 Å². The molecule has 0 spiro atoms. The summed E-state index contributed by atoms with van der Waals surface area (Å²) in [6.45, 7) is 0.753. The second-order valence-electron chi connectivity index (χ2n) is 8.15. The van der Waals surface area contributed by atoms with Crippen LogP contribution in [0.1, 0.15) is 29.7 Å². The van der Waals surface area contributed by atoms with E-state index >= 15 is 0 Å². The Kier molecular flexibility index (Phi) is 6.09. The van der Waals surface area contributed by atoms with E-state index in [-0.39, 0.29) is 11.8 Å². The van der Waals surface area contributed by atoms with Crippen LogP contribution in [-0.2, 0) is 24.1 Å². The number of amides is 1. The van der Waals surface area contributed by atoms with Gasteiger partial charge in [-0.25, -0.2) is 9.97 Å². The Bertz CT molecular complexity index is 1110. The van der Waals surface area contributed by atoms with Crippen LogP contribution >= 0.6 is 23.5 Å². The normalized spacial score (nSPS) is 17.4. The Balaban J connectivity index is 1.38. The zero-order valence-electron chi connectivity index (χ0n) is 17.7. The van der Waals surface area contributed by atoms with E-state index in [1.807, 2.05) is 23.5 Å². The largest absolute Gasteiger partial charge is 0.356 e. The minimum atomic E-state index is 0.00542. The summed E-state index contributed by atoms with van der Waals surface area (Å²) in [6, 6.07) is 6.54. The van der Waals surface area contributed by atoms with Crippen molar-refractivity contribution in [3.05, 3.63) is 41.3 Å². The van der Waals surface area contributed by atoms with E-state index in [2.05, 4.69) is 50.0 Å². The number of rotatable bonds is 7. The van der Waals surface area contributed by atoms with Crippen LogP contribution in [0.5, 0.6) is 0 Å². The molecule has 0 saturated carbocycles. The van der Waals surface area contributed by atoms with E-state index in [9.17, 15) is 4.79 Å². The van der Waals surface area contributed by atoms with Gasteiger partial charge in [-0.1, -0.05) is 0 Å². The van der Waals surface area contributed by atoms with Gasteiger partial charge in [0.15, 0.2) is 0 Å². The zero-order valence-corrected chi connectivity index (χ0v) is 19.3. The first kappa shape index (κ1) is 20.7. The van der Waals surface area contributed by atoms with E-state index in [0.717, 1.165) is 72.7 Å². The molecule has 31 heavy (non-hydrogen) atoms. The highest BCUT2D eigenvalue weighted by Crippen LogP contribution is 2.37. The van der Waals surface area contributed by atoms with Crippen LogP contribution in [0.2, 0.25) is 0 Å². The van der Waals surface area contributed by atoms with Crippen LogP contribution < -0.4 is 10.6 Å². The topological polar surface area (TPSA) is 82.7 Å². The van der Waals surface area contributed by atoms with Gasteiger partial charge >= 0.3 is 0 Å². The van der Waals surface area contributed by atoms with E-state index in [1.54, 1.807) is 6.33 Å². The first-order chi connectivity index (χ1) is 15.2. The van der Waals surface area contributed by atoms with Crippen molar-refractivity contribution in [3.8, 4) is 0 Å². The molecule has 1 unspecified atom stereocenters. The number of hydrogen-bond donors (Lipinski definition) is 3. The van der Waals surface area contributed by atoms with Crippen molar-refractivity contribution < 1.29 is 4.79 Å². The van der Waals surface area contributed by atoms with Crippen molar-refractivity contribution in [1.82, 2.24) is 20.3 Å². The maximum absolute atomic E-state index is 12.7. The molecular formula is C23H27N5OS2. The second-order valence-corrected chi connectivity index (χ2v) is 10.3. The molecule has 1 aliphatic carbocycles. The highest BCUT2D eigenvalue weighted by molar-refractivity contribution is 7.99. The Morgan fingerprint density at radius 1 is 1.32 bits per heavy atom. The molecule has 8 heteroatoms. The van der Waals surface area contributed by atoms with Gasteiger partial charge in [0.05, 0.1) is 5.39 Å². The van der Waals surface area contributed by atoms with Crippen molar-refractivity contribution in [2.75, 3.05) is 29.6 Å². The molecule has 2 aromatic heterocycles. The molecular weight excluding hydrogens is 426 g/mol. The molecule has 0 saturated heterocycles. The Labute approximate surface area is 190 Å². The number of nitrogens with one attached hydrogen (secondary N) is 3. The lowest BCUT2D eigenvalue weighted by Crippen LogP contribution is -2.34. The maximum atomic E-state index is 12.7. The van der Waals surface area contributed by atoms with Crippen molar-refractivity contribution in [3.63, 3.8) is 0 Å². The van der Waals surface area contributed by atoms with E-state index < -0.39 is 0 Å². The number of nitrogens with zero attached hydrogens (tertiary/aromatic N) is 2. The third-order valence-corrected chi connectivity index (χ3v) is 7.94. The van der Waals surface area contributed by atoms with Gasteiger partial charge in [0.1, 0.15) is 17.8 Å². The van der Waals surface area contributed by atoms with Gasteiger partial charge in [-0.15, -0.1) is 11.8 Å². The molecule has 1 aromatic carbocycles. The molecule has 3 heterocycles. The number of aromatic nitrogens is 3. The second kappa shape index (κ2) is 9.12. The number of aryl methyl sites for hydroxylation is 2. The molecule has 1 amide bonds. The van der Waals surface area contributed by atoms with Gasteiger partial charge in [0.2, 0.25) is 5.91 Å². The van der Waals surface area contributed by atoms with Crippen LogP contribution in [0.3, 0.4) is 0 Å². The van der Waals surface area contributed by atoms with Crippen molar-refractivity contribution in [2.24, 2.45) is 5.92 Å². The summed E-state index contributed by atoms with van der Waals surface area (Å²) in [5.74, 6) is 3.22. The molecule has 3 aromatic rings. The van der Waals surface area contributed by atoms with Crippen LogP contribution in [-0.4, -0.2) is 45.2 Å². The first-order valence-electron chi connectivity index (χ1n) is 10.9. The molecule has 0 bridgehead atoms. The molecule has 162 valence electrons. The van der Waals surface area contributed by atoms with Gasteiger partial charge in [-0.05, 0) is 73.4 Å². The van der Waals surface area contributed by atoms with Crippen molar-refractivity contribution >= 4 is 52.0 Å². The predicted molar refractivity (Wildman–Crippen MR) is 130 cm³/mol. The minimum Gasteiger partial charge on any atom is -0.356 e. The predicted octanol–water partition coefficient (Wildman–Crippen LogP) is 4.32. The summed E-state index contributed by atoms with van der Waals surface area (Å²) in [5.41, 5.74) is 5.67. The summed E-state index contributed by atoms with van der Waals surface area (Å²) in [7, 11) is 0. The number of carbonyl (C=O) groups excluding carboxylic acids is 1. The molecule has 3 N–H and O–H groups in total. The van der Waals surface area contributed by atoms with Crippen LogP contribution in [0.15, 0.2) is 29.4 Å². The minimum absolute atomic E-state index is 0.00542. The van der Waals surface area contributed by atoms with E-state index in [1.165, 1.54) is 21.7 Å². The molecule has 0 radical (unpaired) electrons. The number of anilines is 2. The Morgan fingerprint density at radius 2 is 2.26 bits per heavy atom. The summed E-state index contributed by atoms with van der Waals surface area (Å²) >= 11 is 3.73. The maximum Gasteiger partial charge on any atom is 0.223 e. The molecule has 1 atom stereocenters. The lowest BCUT2D eigenvalue weighted by molar-refractivity contribution is -0.125. The van der Waals surface area contributed by atoms with Crippen LogP contribution in [0.4, 0.5) is 11.5 Å². The van der Waals surface area contributed by atoms with Gasteiger partial charge in [0, 0.05) is 34.5 Å². The first-order valence-corrected chi connectivity index (χ1v) is 13.2. The highest BCUT2D eigenvalue weighted by atomic mass is 32.2. The van der Waals surface area contributed by atoms with Crippen LogP contribution in [0, 0.1) is 5.92 Å². The van der Waals surface area contributed by atoms with Gasteiger partial charge < -0.3 is 15.6 Å². The Morgan fingerprint density at radius 3 is 3.16 bits per heavy atom. The quantitative estimate of drug-likeness (QED) is 0.462. The summed E-state index contributed by atoms with van der Waals surface area (Å²) in [5, 5.41) is 7.67. The van der Waals surface area contributed by atoms with Crippen LogP contribution in [0.25, 0.3) is 11.0 Å². The lowest BCUT2D eigenvalue weighted by atomic mass is 9.86. The number of H-pyrrole nitrogens is 1. The number of fused-ring (bicyclic) bond motifs is 4. The standard InChI is InChI=1S/C23H27N5OS2/c1-30-9-2-8-24-23(29)15-3-5-18-17(12-15)20-21(25-13-26-22(20)28-18)27-16-4-6-19-14(11-16)7-10-31-19/h4,6,11,13,15H,2-3,5,7-10,12H2,1H3,(H,24,29)(H2,25,26,27,28). The molecule has 1 aliphatic heterocycles. The highest BCUT2D eigenvalue weighted by Gasteiger charge is 2.29. The van der Waals surface area contributed by atoms with Crippen molar-refractivity contribution in [2.45, 2.75) is 37.0 Å². The van der Waals surface area contributed by atoms with E-state index in [4.69, 9.17) is 0 Å². The fourth-order valence-electron chi connectivity index (χ4n) is 4.53. The SMILES string of the molecule is CSCCCNC(=O)C1CCc2[nH]c3ncnc(Nc4ccc5c(c4)CCS5)c3c2C1. The fourth-order valence-corrected chi connectivity index (χ4v) is 6.02. The monoisotopic (exact) mass is 453 g/mol. The number of thioether (sulfide) groups is 2. The third kappa shape index (κ3) is 4.28. The smallest absolute Gasteiger partial charge is 0.223 e. The van der Waals surface area contributed by atoms with Gasteiger partial charge in [0.25, 0.3) is 0 Å². The van der Waals surface area contributed by atoms with Gasteiger partial charge in [-0.3, -0.25) is 4.79 Å². The van der Waals surface area contributed by atoms with E-state index in [0.29, 0.717) is 0 Å². The zero-order chi connectivity index (χ0) is 21.2. The Hall–Kier alpha value is -2.19. The lowest BCUT2D eigenvalue weighted by Gasteiger charge is -2.22. The summed E-state index contributed by atoms with van der Waals surface area (Å²) in [4.78, 5) is 26.6. The number of aromatic amines is 1. The molecule has 0 fully saturated rings. The number of benzene rings is 1.